The number of hydrogen-bond donors (Lipinski definition) is 2. The van der Waals surface area contributed by atoms with Crippen molar-refractivity contribution in [2.45, 2.75) is 37.2 Å². The Labute approximate surface area is 148 Å². The number of piperidine rings is 1. The Morgan fingerprint density at radius 1 is 1.44 bits per heavy atom. The minimum absolute atomic E-state index is 0.0765. The summed E-state index contributed by atoms with van der Waals surface area (Å²) in [5.74, 6) is -0.0172. The lowest BCUT2D eigenvalue weighted by atomic mass is 10.00. The zero-order valence-corrected chi connectivity index (χ0v) is 15.1. The molecule has 1 aromatic rings. The van der Waals surface area contributed by atoms with Crippen LogP contribution in [0.25, 0.3) is 0 Å². The lowest BCUT2D eigenvalue weighted by Gasteiger charge is -2.32. The molecule has 2 unspecified atom stereocenters. The van der Waals surface area contributed by atoms with Crippen molar-refractivity contribution in [3.05, 3.63) is 23.8 Å². The summed E-state index contributed by atoms with van der Waals surface area (Å²) < 4.78 is 33.1. The third-order valence-corrected chi connectivity index (χ3v) is 6.56. The van der Waals surface area contributed by atoms with Gasteiger partial charge in [-0.3, -0.25) is 4.79 Å². The van der Waals surface area contributed by atoms with Crippen LogP contribution in [0.3, 0.4) is 0 Å². The Morgan fingerprint density at radius 2 is 2.24 bits per heavy atom. The van der Waals surface area contributed by atoms with Gasteiger partial charge in [-0.2, -0.15) is 4.31 Å². The van der Waals surface area contributed by atoms with Crippen molar-refractivity contribution >= 4 is 16.0 Å². The normalized spacial score (nSPS) is 23.9. The van der Waals surface area contributed by atoms with Crippen molar-refractivity contribution in [2.75, 3.05) is 26.2 Å². The first-order chi connectivity index (χ1) is 11.9. The van der Waals surface area contributed by atoms with E-state index in [4.69, 9.17) is 9.84 Å². The molecular weight excluding hydrogens is 344 g/mol. The fraction of sp³-hybridized carbons (Fsp3) is 0.588. The minimum Gasteiger partial charge on any atom is -0.490 e. The summed E-state index contributed by atoms with van der Waals surface area (Å²) in [6, 6.07) is 5.07. The molecule has 25 heavy (non-hydrogen) atoms. The monoisotopic (exact) mass is 368 g/mol. The number of sulfonamides is 1. The fourth-order valence-corrected chi connectivity index (χ4v) is 5.11. The molecule has 2 heterocycles. The van der Waals surface area contributed by atoms with Gasteiger partial charge in [0.25, 0.3) is 0 Å². The molecule has 2 N–H and O–H groups in total. The van der Waals surface area contributed by atoms with E-state index in [0.29, 0.717) is 24.5 Å². The van der Waals surface area contributed by atoms with Gasteiger partial charge in [0.2, 0.25) is 10.0 Å². The molecule has 0 amide bonds. The van der Waals surface area contributed by atoms with E-state index in [1.165, 1.54) is 4.31 Å². The van der Waals surface area contributed by atoms with E-state index in [0.717, 1.165) is 30.6 Å². The summed E-state index contributed by atoms with van der Waals surface area (Å²) in [7, 11) is -3.54. The van der Waals surface area contributed by atoms with Crippen molar-refractivity contribution in [2.24, 2.45) is 5.92 Å². The Bertz CT molecular complexity index is 749. The zero-order valence-electron chi connectivity index (χ0n) is 14.3. The van der Waals surface area contributed by atoms with Crippen molar-refractivity contribution in [3.8, 4) is 5.75 Å². The molecule has 0 saturated carbocycles. The van der Waals surface area contributed by atoms with Gasteiger partial charge < -0.3 is 15.2 Å². The number of fused-ring (bicyclic) bond motifs is 1. The molecular formula is C17H24N2O5S. The second-order valence-corrected chi connectivity index (χ2v) is 8.74. The number of nitrogens with zero attached hydrogens (tertiary/aromatic N) is 1. The SMILES string of the molecule is CC1Cc2cc(S(=O)(=O)N3CCCC(CNCC(=O)O)C3)ccc2O1. The van der Waals surface area contributed by atoms with E-state index in [1.54, 1.807) is 18.2 Å². The average molecular weight is 368 g/mol. The first kappa shape index (κ1) is 18.2. The number of hydrogen-bond acceptors (Lipinski definition) is 5. The molecule has 0 aromatic heterocycles. The summed E-state index contributed by atoms with van der Waals surface area (Å²) in [5, 5.41) is 11.6. The quantitative estimate of drug-likeness (QED) is 0.780. The average Bonchev–Trinajstić information content (AvgIpc) is 2.94. The molecule has 0 aliphatic carbocycles. The van der Waals surface area contributed by atoms with Crippen molar-refractivity contribution in [1.82, 2.24) is 9.62 Å². The van der Waals surface area contributed by atoms with Gasteiger partial charge in [0.15, 0.2) is 0 Å². The summed E-state index contributed by atoms with van der Waals surface area (Å²) >= 11 is 0. The highest BCUT2D eigenvalue weighted by Gasteiger charge is 2.31. The molecule has 2 aliphatic rings. The van der Waals surface area contributed by atoms with E-state index < -0.39 is 16.0 Å². The molecule has 1 saturated heterocycles. The Morgan fingerprint density at radius 3 is 3.00 bits per heavy atom. The molecule has 8 heteroatoms. The third kappa shape index (κ3) is 4.13. The van der Waals surface area contributed by atoms with E-state index in [1.807, 2.05) is 6.92 Å². The highest BCUT2D eigenvalue weighted by Crippen LogP contribution is 2.32. The van der Waals surface area contributed by atoms with Crippen molar-refractivity contribution in [1.29, 1.82) is 0 Å². The fourth-order valence-electron chi connectivity index (χ4n) is 3.50. The molecule has 0 bridgehead atoms. The van der Waals surface area contributed by atoms with Gasteiger partial charge in [0.05, 0.1) is 11.4 Å². The second-order valence-electron chi connectivity index (χ2n) is 6.80. The predicted molar refractivity (Wildman–Crippen MR) is 92.2 cm³/mol. The molecule has 0 spiro atoms. The van der Waals surface area contributed by atoms with Crippen LogP contribution < -0.4 is 10.1 Å². The molecule has 3 rings (SSSR count). The van der Waals surface area contributed by atoms with Crippen LogP contribution in [0.4, 0.5) is 0 Å². The number of ether oxygens (including phenoxy) is 1. The number of carbonyl (C=O) groups is 1. The highest BCUT2D eigenvalue weighted by atomic mass is 32.2. The van der Waals surface area contributed by atoms with Gasteiger partial charge in [0, 0.05) is 19.5 Å². The largest absolute Gasteiger partial charge is 0.490 e. The standard InChI is InChI=1S/C17H24N2O5S/c1-12-7-14-8-15(4-5-16(14)24-12)25(22,23)19-6-2-3-13(11-19)9-18-10-17(20)21/h4-5,8,12-13,18H,2-3,6-7,9-11H2,1H3,(H,20,21). The van der Waals surface area contributed by atoms with Gasteiger partial charge in [-0.1, -0.05) is 0 Å². The van der Waals surface area contributed by atoms with Gasteiger partial charge in [0.1, 0.15) is 11.9 Å². The second kappa shape index (κ2) is 7.31. The van der Waals surface area contributed by atoms with Crippen molar-refractivity contribution in [3.63, 3.8) is 0 Å². The van der Waals surface area contributed by atoms with E-state index in [-0.39, 0.29) is 18.6 Å². The number of carboxylic acid groups (broad SMARTS) is 1. The number of benzene rings is 1. The van der Waals surface area contributed by atoms with Crippen LogP contribution in [0, 0.1) is 5.92 Å². The van der Waals surface area contributed by atoms with Crippen LogP contribution in [0.1, 0.15) is 25.3 Å². The number of aliphatic carboxylic acids is 1. The van der Waals surface area contributed by atoms with E-state index in [9.17, 15) is 13.2 Å². The lowest BCUT2D eigenvalue weighted by Crippen LogP contribution is -2.43. The van der Waals surface area contributed by atoms with Crippen LogP contribution in [-0.4, -0.2) is 56.1 Å². The van der Waals surface area contributed by atoms with E-state index in [2.05, 4.69) is 5.32 Å². The number of rotatable bonds is 6. The summed E-state index contributed by atoms with van der Waals surface area (Å²) in [6.07, 6.45) is 2.48. The summed E-state index contributed by atoms with van der Waals surface area (Å²) in [4.78, 5) is 10.9. The summed E-state index contributed by atoms with van der Waals surface area (Å²) in [6.45, 7) is 3.29. The Balaban J connectivity index is 1.69. The topological polar surface area (TPSA) is 95.9 Å². The van der Waals surface area contributed by atoms with Crippen LogP contribution in [0.15, 0.2) is 23.1 Å². The zero-order chi connectivity index (χ0) is 18.0. The van der Waals surface area contributed by atoms with Crippen LogP contribution in [0.5, 0.6) is 5.75 Å². The van der Waals surface area contributed by atoms with Crippen LogP contribution in [0.2, 0.25) is 0 Å². The first-order valence-corrected chi connectivity index (χ1v) is 10.0. The number of nitrogens with one attached hydrogen (secondary N) is 1. The maximum Gasteiger partial charge on any atom is 0.317 e. The van der Waals surface area contributed by atoms with Crippen LogP contribution >= 0.6 is 0 Å². The van der Waals surface area contributed by atoms with Gasteiger partial charge in [-0.25, -0.2) is 8.42 Å². The molecule has 2 atom stereocenters. The minimum atomic E-state index is -3.54. The van der Waals surface area contributed by atoms with Crippen LogP contribution in [-0.2, 0) is 21.2 Å². The van der Waals surface area contributed by atoms with Gasteiger partial charge in [-0.15, -0.1) is 0 Å². The Kier molecular flexibility index (Phi) is 5.31. The van der Waals surface area contributed by atoms with E-state index >= 15 is 0 Å². The first-order valence-electron chi connectivity index (χ1n) is 8.58. The molecule has 1 aromatic carbocycles. The predicted octanol–water partition coefficient (Wildman–Crippen LogP) is 1.08. The summed E-state index contributed by atoms with van der Waals surface area (Å²) in [5.41, 5.74) is 0.935. The van der Waals surface area contributed by atoms with Gasteiger partial charge in [-0.05, 0) is 56.0 Å². The smallest absolute Gasteiger partial charge is 0.317 e. The van der Waals surface area contributed by atoms with Gasteiger partial charge >= 0.3 is 5.97 Å². The lowest BCUT2D eigenvalue weighted by molar-refractivity contribution is -0.136. The molecule has 7 nitrogen and oxygen atoms in total. The maximum atomic E-state index is 13.0. The highest BCUT2D eigenvalue weighted by molar-refractivity contribution is 7.89. The van der Waals surface area contributed by atoms with Crippen molar-refractivity contribution < 1.29 is 23.1 Å². The molecule has 1 fully saturated rings. The Hall–Kier alpha value is -1.64. The number of carboxylic acids is 1. The molecule has 138 valence electrons. The third-order valence-electron chi connectivity index (χ3n) is 4.70. The molecule has 2 aliphatic heterocycles. The molecule has 0 radical (unpaired) electrons. The maximum absolute atomic E-state index is 13.0.